The van der Waals surface area contributed by atoms with E-state index >= 15 is 0 Å². The van der Waals surface area contributed by atoms with Gasteiger partial charge in [-0.25, -0.2) is 4.79 Å². The standard InChI is InChI=1S/C15H13BrN2O3/c16-11-6-10(15(20)21)7-12(8-11)18-14(19)13(17)9-4-2-1-3-5-9/h1-8,13H,17H2,(H,18,19)(H,20,21). The molecule has 0 bridgehead atoms. The molecular weight excluding hydrogens is 336 g/mol. The zero-order valence-electron chi connectivity index (χ0n) is 10.9. The largest absolute Gasteiger partial charge is 0.478 e. The number of nitrogens with two attached hydrogens (primary N) is 1. The van der Waals surface area contributed by atoms with E-state index in [1.165, 1.54) is 12.1 Å². The Bertz CT molecular complexity index is 674. The Morgan fingerprint density at radius 1 is 1.14 bits per heavy atom. The maximum absolute atomic E-state index is 12.1. The van der Waals surface area contributed by atoms with Crippen LogP contribution in [0.2, 0.25) is 0 Å². The SMILES string of the molecule is NC(C(=O)Nc1cc(Br)cc(C(=O)O)c1)c1ccccc1. The van der Waals surface area contributed by atoms with E-state index in [1.54, 1.807) is 30.3 Å². The second-order valence-electron chi connectivity index (χ2n) is 4.41. The number of nitrogens with one attached hydrogen (secondary N) is 1. The molecule has 2 aromatic rings. The third-order valence-electron chi connectivity index (χ3n) is 2.85. The molecule has 2 aromatic carbocycles. The molecule has 0 aromatic heterocycles. The fourth-order valence-corrected chi connectivity index (χ4v) is 2.31. The highest BCUT2D eigenvalue weighted by Crippen LogP contribution is 2.21. The maximum Gasteiger partial charge on any atom is 0.335 e. The van der Waals surface area contributed by atoms with Crippen LogP contribution in [0.1, 0.15) is 22.0 Å². The van der Waals surface area contributed by atoms with Gasteiger partial charge in [-0.05, 0) is 23.8 Å². The quantitative estimate of drug-likeness (QED) is 0.791. The minimum absolute atomic E-state index is 0.0768. The zero-order chi connectivity index (χ0) is 15.4. The first-order chi connectivity index (χ1) is 9.97. The Labute approximate surface area is 129 Å². The summed E-state index contributed by atoms with van der Waals surface area (Å²) >= 11 is 3.21. The molecule has 5 nitrogen and oxygen atoms in total. The number of carboxylic acids is 1. The number of hydrogen-bond donors (Lipinski definition) is 3. The van der Waals surface area contributed by atoms with Crippen molar-refractivity contribution in [2.24, 2.45) is 5.73 Å². The van der Waals surface area contributed by atoms with Crippen molar-refractivity contribution in [3.63, 3.8) is 0 Å². The molecule has 21 heavy (non-hydrogen) atoms. The summed E-state index contributed by atoms with van der Waals surface area (Å²) in [7, 11) is 0. The van der Waals surface area contributed by atoms with E-state index in [2.05, 4.69) is 21.2 Å². The maximum atomic E-state index is 12.1. The summed E-state index contributed by atoms with van der Waals surface area (Å²) in [5, 5.41) is 11.6. The Morgan fingerprint density at radius 2 is 1.81 bits per heavy atom. The smallest absolute Gasteiger partial charge is 0.335 e. The number of hydrogen-bond acceptors (Lipinski definition) is 3. The summed E-state index contributed by atoms with van der Waals surface area (Å²) in [6.45, 7) is 0. The third-order valence-corrected chi connectivity index (χ3v) is 3.31. The number of carboxylic acid groups (broad SMARTS) is 1. The average molecular weight is 349 g/mol. The monoisotopic (exact) mass is 348 g/mol. The summed E-state index contributed by atoms with van der Waals surface area (Å²) in [5.41, 5.74) is 7.02. The third kappa shape index (κ3) is 3.90. The van der Waals surface area contributed by atoms with Crippen LogP contribution in [0.25, 0.3) is 0 Å². The number of anilines is 1. The van der Waals surface area contributed by atoms with Crippen molar-refractivity contribution in [1.82, 2.24) is 0 Å². The second-order valence-corrected chi connectivity index (χ2v) is 5.33. The van der Waals surface area contributed by atoms with E-state index in [9.17, 15) is 9.59 Å². The zero-order valence-corrected chi connectivity index (χ0v) is 12.5. The molecule has 0 radical (unpaired) electrons. The molecule has 108 valence electrons. The molecule has 0 fully saturated rings. The summed E-state index contributed by atoms with van der Waals surface area (Å²) in [4.78, 5) is 23.1. The van der Waals surface area contributed by atoms with Gasteiger partial charge in [0.1, 0.15) is 6.04 Å². The van der Waals surface area contributed by atoms with Gasteiger partial charge in [-0.3, -0.25) is 4.79 Å². The minimum Gasteiger partial charge on any atom is -0.478 e. The molecule has 6 heteroatoms. The molecular formula is C15H13BrN2O3. The number of halogens is 1. The Hall–Kier alpha value is -2.18. The molecule has 0 spiro atoms. The first-order valence-electron chi connectivity index (χ1n) is 6.12. The topological polar surface area (TPSA) is 92.4 Å². The molecule has 0 aliphatic rings. The number of benzene rings is 2. The highest BCUT2D eigenvalue weighted by atomic mass is 79.9. The molecule has 1 unspecified atom stereocenters. The fourth-order valence-electron chi connectivity index (χ4n) is 1.82. The van der Waals surface area contributed by atoms with E-state index in [0.29, 0.717) is 15.7 Å². The summed E-state index contributed by atoms with van der Waals surface area (Å²) in [6, 6.07) is 12.6. The van der Waals surface area contributed by atoms with Crippen LogP contribution in [-0.2, 0) is 4.79 Å². The van der Waals surface area contributed by atoms with Crippen LogP contribution >= 0.6 is 15.9 Å². The molecule has 0 heterocycles. The average Bonchev–Trinajstić information content (AvgIpc) is 2.46. The number of carbonyl (C=O) groups is 2. The predicted molar refractivity (Wildman–Crippen MR) is 83.1 cm³/mol. The van der Waals surface area contributed by atoms with Gasteiger partial charge in [0.2, 0.25) is 5.91 Å². The van der Waals surface area contributed by atoms with Crippen molar-refractivity contribution in [3.05, 3.63) is 64.1 Å². The van der Waals surface area contributed by atoms with Crippen molar-refractivity contribution in [2.75, 3.05) is 5.32 Å². The van der Waals surface area contributed by atoms with Crippen LogP contribution in [0.4, 0.5) is 5.69 Å². The van der Waals surface area contributed by atoms with Crippen molar-refractivity contribution < 1.29 is 14.7 Å². The summed E-state index contributed by atoms with van der Waals surface area (Å²) in [5.74, 6) is -1.48. The molecule has 1 atom stereocenters. The van der Waals surface area contributed by atoms with Gasteiger partial charge >= 0.3 is 5.97 Å². The van der Waals surface area contributed by atoms with E-state index in [1.807, 2.05) is 6.07 Å². The van der Waals surface area contributed by atoms with Gasteiger partial charge in [0, 0.05) is 10.2 Å². The Morgan fingerprint density at radius 3 is 2.43 bits per heavy atom. The van der Waals surface area contributed by atoms with Crippen molar-refractivity contribution in [2.45, 2.75) is 6.04 Å². The molecule has 0 saturated carbocycles. The van der Waals surface area contributed by atoms with E-state index in [-0.39, 0.29) is 5.56 Å². The first kappa shape index (κ1) is 15.2. The predicted octanol–water partition coefficient (Wildman–Crippen LogP) is 2.79. The van der Waals surface area contributed by atoms with Crippen LogP contribution in [0.5, 0.6) is 0 Å². The van der Waals surface area contributed by atoms with Crippen LogP contribution in [-0.4, -0.2) is 17.0 Å². The number of amides is 1. The molecule has 0 saturated heterocycles. The fraction of sp³-hybridized carbons (Fsp3) is 0.0667. The van der Waals surface area contributed by atoms with Crippen molar-refractivity contribution in [3.8, 4) is 0 Å². The van der Waals surface area contributed by atoms with Crippen LogP contribution < -0.4 is 11.1 Å². The number of aromatic carboxylic acids is 1. The van der Waals surface area contributed by atoms with E-state index < -0.39 is 17.9 Å². The lowest BCUT2D eigenvalue weighted by Crippen LogP contribution is -2.27. The molecule has 2 rings (SSSR count). The second kappa shape index (κ2) is 6.51. The van der Waals surface area contributed by atoms with Crippen molar-refractivity contribution in [1.29, 1.82) is 0 Å². The summed E-state index contributed by atoms with van der Waals surface area (Å²) < 4.78 is 0.561. The number of carbonyl (C=O) groups excluding carboxylic acids is 1. The summed E-state index contributed by atoms with van der Waals surface area (Å²) in [6.07, 6.45) is 0. The van der Waals surface area contributed by atoms with Gasteiger partial charge in [-0.2, -0.15) is 0 Å². The lowest BCUT2D eigenvalue weighted by Gasteiger charge is -2.13. The van der Waals surface area contributed by atoms with E-state index in [4.69, 9.17) is 10.8 Å². The van der Waals surface area contributed by atoms with Crippen LogP contribution in [0.3, 0.4) is 0 Å². The van der Waals surface area contributed by atoms with Gasteiger partial charge in [0.05, 0.1) is 5.56 Å². The molecule has 0 aliphatic heterocycles. The Balaban J connectivity index is 2.18. The highest BCUT2D eigenvalue weighted by molar-refractivity contribution is 9.10. The van der Waals surface area contributed by atoms with Gasteiger partial charge in [-0.15, -0.1) is 0 Å². The van der Waals surface area contributed by atoms with Crippen LogP contribution in [0.15, 0.2) is 53.0 Å². The van der Waals surface area contributed by atoms with Gasteiger partial charge in [-0.1, -0.05) is 46.3 Å². The lowest BCUT2D eigenvalue weighted by atomic mass is 10.1. The van der Waals surface area contributed by atoms with Crippen molar-refractivity contribution >= 4 is 33.5 Å². The highest BCUT2D eigenvalue weighted by Gasteiger charge is 2.16. The first-order valence-corrected chi connectivity index (χ1v) is 6.92. The minimum atomic E-state index is -1.07. The number of rotatable bonds is 4. The normalized spacial score (nSPS) is 11.7. The van der Waals surface area contributed by atoms with Gasteiger partial charge in [0.15, 0.2) is 0 Å². The molecule has 1 amide bonds. The molecule has 4 N–H and O–H groups in total. The van der Waals surface area contributed by atoms with E-state index in [0.717, 1.165) is 0 Å². The Kier molecular flexibility index (Phi) is 4.72. The van der Waals surface area contributed by atoms with Gasteiger partial charge in [0.25, 0.3) is 0 Å². The van der Waals surface area contributed by atoms with Crippen LogP contribution in [0, 0.1) is 0 Å². The molecule has 0 aliphatic carbocycles. The van der Waals surface area contributed by atoms with Gasteiger partial charge < -0.3 is 16.2 Å². The lowest BCUT2D eigenvalue weighted by molar-refractivity contribution is -0.117.